The van der Waals surface area contributed by atoms with Crippen LogP contribution in [0.25, 0.3) is 0 Å². The van der Waals surface area contributed by atoms with Gasteiger partial charge in [-0.1, -0.05) is 23.2 Å². The fourth-order valence-corrected chi connectivity index (χ4v) is 3.37. The third kappa shape index (κ3) is 5.47. The van der Waals surface area contributed by atoms with Crippen molar-refractivity contribution >= 4 is 38.9 Å². The van der Waals surface area contributed by atoms with Crippen LogP contribution in [0, 0.1) is 5.82 Å². The molecule has 136 valence electrons. The van der Waals surface area contributed by atoms with Crippen molar-refractivity contribution in [3.05, 3.63) is 52.3 Å². The van der Waals surface area contributed by atoms with Gasteiger partial charge in [-0.2, -0.15) is 0 Å². The molecule has 0 saturated carbocycles. The van der Waals surface area contributed by atoms with Gasteiger partial charge >= 0.3 is 0 Å². The van der Waals surface area contributed by atoms with E-state index in [0.29, 0.717) is 23.9 Å². The summed E-state index contributed by atoms with van der Waals surface area (Å²) in [5, 5.41) is 0.0956. The van der Waals surface area contributed by atoms with Crippen LogP contribution in [0.3, 0.4) is 0 Å². The van der Waals surface area contributed by atoms with Crippen molar-refractivity contribution in [3.8, 4) is 5.75 Å². The molecule has 0 bridgehead atoms. The van der Waals surface area contributed by atoms with Crippen molar-refractivity contribution < 1.29 is 17.5 Å². The Kier molecular flexibility index (Phi) is 6.51. The Morgan fingerprint density at radius 3 is 2.48 bits per heavy atom. The molecule has 9 heteroatoms. The van der Waals surface area contributed by atoms with Crippen LogP contribution in [0.5, 0.6) is 5.75 Å². The summed E-state index contributed by atoms with van der Waals surface area (Å²) in [6.07, 6.45) is 0. The summed E-state index contributed by atoms with van der Waals surface area (Å²) in [6, 6.07) is 7.69. The van der Waals surface area contributed by atoms with E-state index in [-0.39, 0.29) is 15.6 Å². The van der Waals surface area contributed by atoms with Crippen LogP contribution in [0.4, 0.5) is 10.1 Å². The molecule has 25 heavy (non-hydrogen) atoms. The monoisotopic (exact) mass is 406 g/mol. The summed E-state index contributed by atoms with van der Waals surface area (Å²) in [5.41, 5.74) is 0.268. The number of benzene rings is 2. The van der Waals surface area contributed by atoms with Crippen LogP contribution >= 0.6 is 23.2 Å². The largest absolute Gasteiger partial charge is 0.491 e. The number of halogens is 3. The maximum atomic E-state index is 13.2. The maximum absolute atomic E-state index is 13.2. The summed E-state index contributed by atoms with van der Waals surface area (Å²) < 4.78 is 45.9. The number of nitrogens with one attached hydrogen (secondary N) is 1. The average Bonchev–Trinajstić information content (AvgIpc) is 2.52. The molecule has 0 aromatic heterocycles. The fraction of sp³-hybridized carbons (Fsp3) is 0.250. The van der Waals surface area contributed by atoms with Crippen LogP contribution in [0.2, 0.25) is 10.0 Å². The lowest BCUT2D eigenvalue weighted by Crippen LogP contribution is -2.19. The van der Waals surface area contributed by atoms with Crippen molar-refractivity contribution in [1.29, 1.82) is 0 Å². The third-order valence-electron chi connectivity index (χ3n) is 3.18. The van der Waals surface area contributed by atoms with Crippen LogP contribution in [0.1, 0.15) is 0 Å². The van der Waals surface area contributed by atoms with Gasteiger partial charge in [0.2, 0.25) is 0 Å². The zero-order valence-corrected chi connectivity index (χ0v) is 15.9. The smallest absolute Gasteiger partial charge is 0.261 e. The molecule has 0 radical (unpaired) electrons. The molecule has 5 nitrogen and oxygen atoms in total. The van der Waals surface area contributed by atoms with Gasteiger partial charge in [0.15, 0.2) is 0 Å². The lowest BCUT2D eigenvalue weighted by molar-refractivity contribution is 0.261. The molecule has 0 aliphatic heterocycles. The number of likely N-dealkylation sites (N-methyl/N-ethyl adjacent to an activating group) is 1. The summed E-state index contributed by atoms with van der Waals surface area (Å²) in [6.45, 7) is 1.08. The minimum atomic E-state index is -3.92. The molecule has 0 aliphatic carbocycles. The van der Waals surface area contributed by atoms with Gasteiger partial charge in [0, 0.05) is 12.6 Å². The number of nitrogens with zero attached hydrogens (tertiary/aromatic N) is 1. The van der Waals surface area contributed by atoms with Gasteiger partial charge in [0.25, 0.3) is 10.0 Å². The van der Waals surface area contributed by atoms with E-state index in [1.54, 1.807) is 0 Å². The van der Waals surface area contributed by atoms with Crippen LogP contribution in [0.15, 0.2) is 41.3 Å². The van der Waals surface area contributed by atoms with Crippen molar-refractivity contribution in [2.24, 2.45) is 0 Å². The summed E-state index contributed by atoms with van der Waals surface area (Å²) in [7, 11) is -0.112. The number of hydrogen-bond acceptors (Lipinski definition) is 4. The SMILES string of the molecule is CN(C)CCOc1cc(NS(=O)(=O)c2ccc(F)c(Cl)c2)ccc1Cl. The van der Waals surface area contributed by atoms with Crippen molar-refractivity contribution in [1.82, 2.24) is 4.90 Å². The van der Waals surface area contributed by atoms with Gasteiger partial charge in [-0.15, -0.1) is 0 Å². The average molecular weight is 407 g/mol. The van der Waals surface area contributed by atoms with E-state index < -0.39 is 15.8 Å². The molecule has 0 amide bonds. The maximum Gasteiger partial charge on any atom is 0.261 e. The number of hydrogen-bond donors (Lipinski definition) is 1. The molecule has 2 rings (SSSR count). The van der Waals surface area contributed by atoms with Gasteiger partial charge in [0.05, 0.1) is 20.6 Å². The first-order valence-corrected chi connectivity index (χ1v) is 9.48. The lowest BCUT2D eigenvalue weighted by atomic mass is 10.3. The van der Waals surface area contributed by atoms with E-state index in [9.17, 15) is 12.8 Å². The van der Waals surface area contributed by atoms with E-state index in [1.165, 1.54) is 18.2 Å². The van der Waals surface area contributed by atoms with Crippen molar-refractivity contribution in [2.45, 2.75) is 4.90 Å². The minimum Gasteiger partial charge on any atom is -0.491 e. The van der Waals surface area contributed by atoms with E-state index in [0.717, 1.165) is 18.2 Å². The predicted molar refractivity (Wildman–Crippen MR) is 97.7 cm³/mol. The van der Waals surface area contributed by atoms with Gasteiger partial charge in [-0.25, -0.2) is 12.8 Å². The quantitative estimate of drug-likeness (QED) is 0.757. The number of rotatable bonds is 7. The molecule has 0 atom stereocenters. The predicted octanol–water partition coefficient (Wildman–Crippen LogP) is 3.87. The van der Waals surface area contributed by atoms with Gasteiger partial charge < -0.3 is 9.64 Å². The molecule has 2 aromatic carbocycles. The number of anilines is 1. The van der Waals surface area contributed by atoms with E-state index in [4.69, 9.17) is 27.9 Å². The Morgan fingerprint density at radius 1 is 1.12 bits per heavy atom. The minimum absolute atomic E-state index is 0.149. The summed E-state index contributed by atoms with van der Waals surface area (Å²) in [5.74, 6) is -0.329. The molecular weight excluding hydrogens is 390 g/mol. The van der Waals surface area contributed by atoms with Crippen LogP contribution in [-0.4, -0.2) is 40.6 Å². The molecule has 2 aromatic rings. The summed E-state index contributed by atoms with van der Waals surface area (Å²) in [4.78, 5) is 1.79. The van der Waals surface area contributed by atoms with Crippen molar-refractivity contribution in [3.63, 3.8) is 0 Å². The number of sulfonamides is 1. The first-order chi connectivity index (χ1) is 11.7. The third-order valence-corrected chi connectivity index (χ3v) is 5.16. The van der Waals surface area contributed by atoms with Gasteiger partial charge in [-0.05, 0) is 44.4 Å². The summed E-state index contributed by atoms with van der Waals surface area (Å²) >= 11 is 11.7. The molecule has 0 aliphatic rings. The molecule has 0 fully saturated rings. The Balaban J connectivity index is 2.19. The molecule has 0 spiro atoms. The topological polar surface area (TPSA) is 58.6 Å². The van der Waals surface area contributed by atoms with Crippen molar-refractivity contribution in [2.75, 3.05) is 32.0 Å². The van der Waals surface area contributed by atoms with Crippen LogP contribution < -0.4 is 9.46 Å². The van der Waals surface area contributed by atoms with Gasteiger partial charge in [0.1, 0.15) is 18.2 Å². The Morgan fingerprint density at radius 2 is 1.84 bits per heavy atom. The molecule has 1 N–H and O–H groups in total. The Hall–Kier alpha value is -1.54. The van der Waals surface area contributed by atoms with E-state index in [1.807, 2.05) is 19.0 Å². The second-order valence-electron chi connectivity index (χ2n) is 5.48. The first kappa shape index (κ1) is 19.8. The van der Waals surface area contributed by atoms with Gasteiger partial charge in [-0.3, -0.25) is 4.72 Å². The number of ether oxygens (including phenoxy) is 1. The molecule has 0 heterocycles. The normalized spacial score (nSPS) is 11.6. The highest BCUT2D eigenvalue weighted by Gasteiger charge is 2.17. The second kappa shape index (κ2) is 8.23. The zero-order valence-electron chi connectivity index (χ0n) is 13.6. The Labute approximate surface area is 156 Å². The molecule has 0 unspecified atom stereocenters. The van der Waals surface area contributed by atoms with E-state index >= 15 is 0 Å². The fourth-order valence-electron chi connectivity index (χ4n) is 1.87. The lowest BCUT2D eigenvalue weighted by Gasteiger charge is -2.14. The highest BCUT2D eigenvalue weighted by atomic mass is 35.5. The van der Waals surface area contributed by atoms with Crippen LogP contribution in [-0.2, 0) is 10.0 Å². The first-order valence-electron chi connectivity index (χ1n) is 7.24. The highest BCUT2D eigenvalue weighted by Crippen LogP contribution is 2.29. The Bertz CT molecular complexity index is 860. The second-order valence-corrected chi connectivity index (χ2v) is 7.98. The molecular formula is C16H17Cl2FN2O3S. The molecule has 0 saturated heterocycles. The van der Waals surface area contributed by atoms with E-state index in [2.05, 4.69) is 4.72 Å². The standard InChI is InChI=1S/C16H17Cl2FN2O3S/c1-21(2)7-8-24-16-9-11(3-5-13(16)17)20-25(22,23)12-4-6-15(19)14(18)10-12/h3-6,9-10,20H,7-8H2,1-2H3. The zero-order chi connectivity index (χ0) is 18.6. The highest BCUT2D eigenvalue weighted by molar-refractivity contribution is 7.92.